The van der Waals surface area contributed by atoms with Gasteiger partial charge >= 0.3 is 5.69 Å². The van der Waals surface area contributed by atoms with Crippen molar-refractivity contribution < 1.29 is 0 Å². The number of hydrogen-bond acceptors (Lipinski definition) is 4. The lowest BCUT2D eigenvalue weighted by Crippen LogP contribution is -2.24. The Balaban J connectivity index is 1.93. The second-order valence-electron chi connectivity index (χ2n) is 4.62. The molecule has 106 valence electrons. The van der Waals surface area contributed by atoms with Crippen LogP contribution in [-0.4, -0.2) is 20.1 Å². The lowest BCUT2D eigenvalue weighted by Gasteiger charge is -2.00. The van der Waals surface area contributed by atoms with Gasteiger partial charge in [-0.1, -0.05) is 11.6 Å². The van der Waals surface area contributed by atoms with Crippen LogP contribution < -0.4 is 5.69 Å². The van der Waals surface area contributed by atoms with Gasteiger partial charge in [-0.3, -0.25) is 4.57 Å². The molecule has 0 bridgehead atoms. The van der Waals surface area contributed by atoms with E-state index in [1.165, 1.54) is 8.89 Å². The van der Waals surface area contributed by atoms with Gasteiger partial charge in [-0.15, -0.1) is 28.2 Å². The zero-order chi connectivity index (χ0) is 14.4. The summed E-state index contributed by atoms with van der Waals surface area (Å²) in [5, 5.41) is 7.22. The van der Waals surface area contributed by atoms with E-state index >= 15 is 0 Å². The summed E-state index contributed by atoms with van der Waals surface area (Å²) in [5.74, 6) is 1.63. The molecule has 0 fully saturated rings. The molecule has 4 rings (SSSR count). The fourth-order valence-electron chi connectivity index (χ4n) is 2.35. The molecule has 1 aliphatic heterocycles. The highest BCUT2D eigenvalue weighted by molar-refractivity contribution is 8.01. The molecule has 0 saturated heterocycles. The molecule has 4 nitrogen and oxygen atoms in total. The van der Waals surface area contributed by atoms with Crippen LogP contribution >= 0.6 is 34.7 Å². The number of thiophene rings is 1. The van der Waals surface area contributed by atoms with Crippen molar-refractivity contribution in [3.8, 4) is 17.1 Å². The van der Waals surface area contributed by atoms with Gasteiger partial charge in [0.1, 0.15) is 0 Å². The highest BCUT2D eigenvalue weighted by Crippen LogP contribution is 2.37. The van der Waals surface area contributed by atoms with Crippen molar-refractivity contribution in [2.75, 3.05) is 5.75 Å². The molecule has 0 N–H and O–H groups in total. The molecule has 3 aromatic rings. The van der Waals surface area contributed by atoms with Crippen LogP contribution in [0.15, 0.2) is 44.7 Å². The Labute approximate surface area is 134 Å². The summed E-state index contributed by atoms with van der Waals surface area (Å²) in [5.41, 5.74) is 1.67. The number of hydrogen-bond donors (Lipinski definition) is 0. The summed E-state index contributed by atoms with van der Waals surface area (Å²) < 4.78 is 4.42. The van der Waals surface area contributed by atoms with E-state index in [-0.39, 0.29) is 5.69 Å². The van der Waals surface area contributed by atoms with Crippen LogP contribution in [0.25, 0.3) is 17.1 Å². The number of nitrogens with zero attached hydrogens (tertiary/aromatic N) is 3. The van der Waals surface area contributed by atoms with Crippen molar-refractivity contribution >= 4 is 34.7 Å². The molecule has 0 amide bonds. The molecule has 2 aromatic heterocycles. The maximum Gasteiger partial charge on any atom is 0.351 e. The van der Waals surface area contributed by atoms with E-state index in [1.807, 2.05) is 11.4 Å². The fourth-order valence-corrected chi connectivity index (χ4v) is 4.55. The van der Waals surface area contributed by atoms with Gasteiger partial charge in [0, 0.05) is 22.9 Å². The number of rotatable bonds is 1. The maximum absolute atomic E-state index is 12.6. The molecule has 0 aliphatic carbocycles. The van der Waals surface area contributed by atoms with Crippen LogP contribution in [0, 0.1) is 0 Å². The Morgan fingerprint density at radius 1 is 1.19 bits per heavy atom. The molecule has 0 saturated carbocycles. The highest BCUT2D eigenvalue weighted by atomic mass is 35.5. The zero-order valence-corrected chi connectivity index (χ0v) is 13.2. The van der Waals surface area contributed by atoms with E-state index in [0.717, 1.165) is 22.8 Å². The van der Waals surface area contributed by atoms with Gasteiger partial charge in [-0.2, -0.15) is 4.68 Å². The Morgan fingerprint density at radius 2 is 2.00 bits per heavy atom. The largest absolute Gasteiger partial charge is 0.351 e. The highest BCUT2D eigenvalue weighted by Gasteiger charge is 2.22. The Morgan fingerprint density at radius 3 is 2.81 bits per heavy atom. The van der Waals surface area contributed by atoms with E-state index < -0.39 is 0 Å². The third kappa shape index (κ3) is 2.14. The average molecular weight is 336 g/mol. The molecule has 7 heteroatoms. The minimum atomic E-state index is -0.105. The summed E-state index contributed by atoms with van der Waals surface area (Å²) in [6.45, 7) is 0.674. The van der Waals surface area contributed by atoms with Crippen LogP contribution in [0.5, 0.6) is 0 Å². The molecule has 1 aliphatic rings. The van der Waals surface area contributed by atoms with Crippen LogP contribution in [0.2, 0.25) is 5.02 Å². The molecule has 0 atom stereocenters. The van der Waals surface area contributed by atoms with Gasteiger partial charge in [0.15, 0.2) is 5.82 Å². The fraction of sp³-hybridized carbons (Fsp3) is 0.143. The van der Waals surface area contributed by atoms with Crippen LogP contribution in [0.3, 0.4) is 0 Å². The quantitative estimate of drug-likeness (QED) is 0.683. The van der Waals surface area contributed by atoms with Gasteiger partial charge in [0.2, 0.25) is 0 Å². The molecule has 0 unspecified atom stereocenters. The minimum absolute atomic E-state index is 0.105. The molecule has 1 aromatic carbocycles. The molecule has 3 heterocycles. The van der Waals surface area contributed by atoms with Gasteiger partial charge in [0.25, 0.3) is 0 Å². The zero-order valence-electron chi connectivity index (χ0n) is 10.8. The van der Waals surface area contributed by atoms with Crippen LogP contribution in [0.1, 0.15) is 0 Å². The average Bonchev–Trinajstić information content (AvgIpc) is 3.02. The van der Waals surface area contributed by atoms with Crippen LogP contribution in [0.4, 0.5) is 0 Å². The number of aromatic nitrogens is 3. The standard InChI is InChI=1S/C14H10ClN3OS2/c15-9-1-3-10(4-2-9)18-14(19)17-6-8-21-13-11(5-7-20-13)12(17)16-18/h1-5,7H,6,8H2. The van der Waals surface area contributed by atoms with Gasteiger partial charge in [0.05, 0.1) is 9.90 Å². The third-order valence-electron chi connectivity index (χ3n) is 3.35. The van der Waals surface area contributed by atoms with E-state index in [1.54, 1.807) is 51.9 Å². The summed E-state index contributed by atoms with van der Waals surface area (Å²) in [6, 6.07) is 9.17. The molecular weight excluding hydrogens is 326 g/mol. The summed E-state index contributed by atoms with van der Waals surface area (Å²) >= 11 is 9.38. The maximum atomic E-state index is 12.6. The molecule has 21 heavy (non-hydrogen) atoms. The van der Waals surface area contributed by atoms with Gasteiger partial charge < -0.3 is 0 Å². The van der Waals surface area contributed by atoms with E-state index in [2.05, 4.69) is 5.10 Å². The number of benzene rings is 1. The predicted octanol–water partition coefficient (Wildman–Crippen LogP) is 3.52. The Kier molecular flexibility index (Phi) is 3.17. The first-order valence-electron chi connectivity index (χ1n) is 6.40. The predicted molar refractivity (Wildman–Crippen MR) is 86.9 cm³/mol. The smallest absolute Gasteiger partial charge is 0.274 e. The van der Waals surface area contributed by atoms with E-state index in [4.69, 9.17) is 11.6 Å². The van der Waals surface area contributed by atoms with Gasteiger partial charge in [-0.05, 0) is 35.7 Å². The molecule has 0 radical (unpaired) electrons. The van der Waals surface area contributed by atoms with E-state index in [0.29, 0.717) is 11.6 Å². The van der Waals surface area contributed by atoms with Crippen molar-refractivity contribution in [2.45, 2.75) is 10.8 Å². The second-order valence-corrected chi connectivity index (χ2v) is 7.33. The lowest BCUT2D eigenvalue weighted by molar-refractivity contribution is 0.725. The summed E-state index contributed by atoms with van der Waals surface area (Å²) in [4.78, 5) is 12.6. The third-order valence-corrected chi connectivity index (χ3v) is 5.82. The second kappa shape index (κ2) is 5.05. The lowest BCUT2D eigenvalue weighted by atomic mass is 10.3. The van der Waals surface area contributed by atoms with Crippen molar-refractivity contribution in [2.24, 2.45) is 0 Å². The first-order chi connectivity index (χ1) is 10.2. The topological polar surface area (TPSA) is 39.8 Å². The molecular formula is C14H10ClN3OS2. The SMILES string of the molecule is O=c1n(-c2ccc(Cl)cc2)nc2n1CCSc1sccc1-2. The monoisotopic (exact) mass is 335 g/mol. The number of thioether (sulfide) groups is 1. The summed E-state index contributed by atoms with van der Waals surface area (Å²) in [7, 11) is 0. The Hall–Kier alpha value is -1.50. The minimum Gasteiger partial charge on any atom is -0.274 e. The normalized spacial score (nSPS) is 13.6. The van der Waals surface area contributed by atoms with E-state index in [9.17, 15) is 4.79 Å². The number of fused-ring (bicyclic) bond motifs is 3. The van der Waals surface area contributed by atoms with Crippen molar-refractivity contribution in [3.63, 3.8) is 0 Å². The Bertz CT molecular complexity index is 863. The first-order valence-corrected chi connectivity index (χ1v) is 8.65. The van der Waals surface area contributed by atoms with Crippen molar-refractivity contribution in [1.29, 1.82) is 0 Å². The molecule has 0 spiro atoms. The van der Waals surface area contributed by atoms with Crippen molar-refractivity contribution in [3.05, 3.63) is 51.2 Å². The first kappa shape index (κ1) is 13.2. The van der Waals surface area contributed by atoms with Gasteiger partial charge in [-0.25, -0.2) is 4.79 Å². The van der Waals surface area contributed by atoms with Crippen LogP contribution in [-0.2, 0) is 6.54 Å². The van der Waals surface area contributed by atoms with Crippen molar-refractivity contribution in [1.82, 2.24) is 14.3 Å². The summed E-state index contributed by atoms with van der Waals surface area (Å²) in [6.07, 6.45) is 0. The number of halogens is 1.